The number of aromatic nitrogens is 2. The number of hydrogen-bond donors (Lipinski definition) is 0. The van der Waals surface area contributed by atoms with Crippen molar-refractivity contribution >= 4 is 104 Å². The van der Waals surface area contributed by atoms with Crippen LogP contribution in [0.25, 0.3) is 120 Å². The summed E-state index contributed by atoms with van der Waals surface area (Å²) in [5.41, 5.74) is 10.7. The smallest absolute Gasteiger partial charge is 0.263 e. The fourth-order valence-electron chi connectivity index (χ4n) is 9.35. The minimum absolute atomic E-state index is 0.00457. The molecule has 0 unspecified atom stereocenters. The van der Waals surface area contributed by atoms with Crippen LogP contribution in [0, 0.1) is 0 Å². The SMILES string of the molecule is O=c1c2ccc(-c3cccc4oc5ccc(-n6c7ccccc7c7cc8oc9ccccc9c8cc76)cc5c34)cc2c2cccc3c4ccccc4n1c23. The van der Waals surface area contributed by atoms with E-state index in [1.807, 2.05) is 46.9 Å². The van der Waals surface area contributed by atoms with Gasteiger partial charge >= 0.3 is 0 Å². The molecule has 0 saturated heterocycles. The summed E-state index contributed by atoms with van der Waals surface area (Å²) in [6.45, 7) is 0. The third-order valence-electron chi connectivity index (χ3n) is 11.7. The number of hydrogen-bond acceptors (Lipinski definition) is 3. The second kappa shape index (κ2) is 9.94. The summed E-state index contributed by atoms with van der Waals surface area (Å²) < 4.78 is 17.1. The van der Waals surface area contributed by atoms with Crippen LogP contribution >= 0.6 is 0 Å². The number of furan rings is 2. The first kappa shape index (κ1) is 28.2. The topological polar surface area (TPSA) is 52.7 Å². The average Bonchev–Trinajstić information content (AvgIpc) is 3.96. The monoisotopic (exact) mass is 690 g/mol. The lowest BCUT2D eigenvalue weighted by Gasteiger charge is -2.10. The summed E-state index contributed by atoms with van der Waals surface area (Å²) in [5, 5.41) is 11.5. The molecule has 5 aromatic heterocycles. The quantitative estimate of drug-likeness (QED) is 0.170. The minimum atomic E-state index is 0.00457. The number of rotatable bonds is 2. The molecule has 250 valence electrons. The second-order valence-electron chi connectivity index (χ2n) is 14.4. The molecular formula is C49H26N2O3. The Bertz CT molecular complexity index is 3820. The van der Waals surface area contributed by atoms with Crippen molar-refractivity contribution in [2.75, 3.05) is 0 Å². The normalized spacial score (nSPS) is 12.5. The van der Waals surface area contributed by atoms with E-state index >= 15 is 0 Å². The molecule has 0 spiro atoms. The predicted octanol–water partition coefficient (Wildman–Crippen LogP) is 12.8. The van der Waals surface area contributed by atoms with Gasteiger partial charge in [0.15, 0.2) is 0 Å². The third-order valence-corrected chi connectivity index (χ3v) is 11.7. The summed E-state index contributed by atoms with van der Waals surface area (Å²) in [6.07, 6.45) is 0. The molecular weight excluding hydrogens is 665 g/mol. The Hall–Kier alpha value is -7.37. The summed E-state index contributed by atoms with van der Waals surface area (Å²) in [5.74, 6) is 0. The van der Waals surface area contributed by atoms with E-state index in [2.05, 4.69) is 120 Å². The lowest BCUT2D eigenvalue weighted by Crippen LogP contribution is -2.12. The van der Waals surface area contributed by atoms with E-state index in [1.165, 1.54) is 5.39 Å². The summed E-state index contributed by atoms with van der Waals surface area (Å²) in [4.78, 5) is 14.2. The Morgan fingerprint density at radius 3 is 1.96 bits per heavy atom. The maximum atomic E-state index is 14.2. The van der Waals surface area contributed by atoms with Crippen molar-refractivity contribution < 1.29 is 8.83 Å². The minimum Gasteiger partial charge on any atom is -0.456 e. The highest BCUT2D eigenvalue weighted by molar-refractivity contribution is 6.22. The molecule has 0 N–H and O–H groups in total. The number of fused-ring (bicyclic) bond motifs is 14. The summed E-state index contributed by atoms with van der Waals surface area (Å²) >= 11 is 0. The van der Waals surface area contributed by atoms with E-state index in [4.69, 9.17) is 8.83 Å². The van der Waals surface area contributed by atoms with Gasteiger partial charge in [0.2, 0.25) is 0 Å². The van der Waals surface area contributed by atoms with Gasteiger partial charge in [-0.3, -0.25) is 9.20 Å². The van der Waals surface area contributed by atoms with Crippen LogP contribution < -0.4 is 5.56 Å². The molecule has 13 aromatic rings. The van der Waals surface area contributed by atoms with Gasteiger partial charge in [-0.25, -0.2) is 0 Å². The lowest BCUT2D eigenvalue weighted by atomic mass is 9.95. The maximum absolute atomic E-state index is 14.2. The Balaban J connectivity index is 1.07. The van der Waals surface area contributed by atoms with Gasteiger partial charge < -0.3 is 13.4 Å². The van der Waals surface area contributed by atoms with Gasteiger partial charge in [-0.1, -0.05) is 91.0 Å². The van der Waals surface area contributed by atoms with Crippen LogP contribution in [-0.2, 0) is 0 Å². The van der Waals surface area contributed by atoms with Crippen molar-refractivity contribution in [2.24, 2.45) is 0 Å². The molecule has 0 atom stereocenters. The van der Waals surface area contributed by atoms with Crippen molar-refractivity contribution in [2.45, 2.75) is 0 Å². The first-order chi connectivity index (χ1) is 26.7. The fourth-order valence-corrected chi connectivity index (χ4v) is 9.35. The van der Waals surface area contributed by atoms with E-state index in [0.29, 0.717) is 5.39 Å². The van der Waals surface area contributed by atoms with Crippen molar-refractivity contribution in [3.63, 3.8) is 0 Å². The average molecular weight is 691 g/mol. The van der Waals surface area contributed by atoms with Gasteiger partial charge in [0.05, 0.1) is 22.1 Å². The first-order valence-electron chi connectivity index (χ1n) is 18.2. The van der Waals surface area contributed by atoms with E-state index < -0.39 is 0 Å². The maximum Gasteiger partial charge on any atom is 0.263 e. The number of benzene rings is 8. The Morgan fingerprint density at radius 2 is 1.07 bits per heavy atom. The molecule has 0 aliphatic carbocycles. The van der Waals surface area contributed by atoms with Crippen LogP contribution in [0.4, 0.5) is 0 Å². The largest absolute Gasteiger partial charge is 0.456 e. The second-order valence-corrected chi connectivity index (χ2v) is 14.4. The highest BCUT2D eigenvalue weighted by atomic mass is 16.3. The highest BCUT2D eigenvalue weighted by Crippen LogP contribution is 2.42. The molecule has 0 saturated carbocycles. The molecule has 0 bridgehead atoms. The molecule has 0 fully saturated rings. The third kappa shape index (κ3) is 3.51. The molecule has 0 amide bonds. The highest BCUT2D eigenvalue weighted by Gasteiger charge is 2.21. The zero-order chi connectivity index (χ0) is 35.2. The van der Waals surface area contributed by atoms with Crippen LogP contribution in [-0.4, -0.2) is 8.97 Å². The van der Waals surface area contributed by atoms with Gasteiger partial charge in [0, 0.05) is 59.5 Å². The lowest BCUT2D eigenvalue weighted by molar-refractivity contribution is 0.669. The van der Waals surface area contributed by atoms with Gasteiger partial charge in [-0.2, -0.15) is 0 Å². The molecule has 0 aliphatic heterocycles. The van der Waals surface area contributed by atoms with Crippen LogP contribution in [0.2, 0.25) is 0 Å². The zero-order valence-corrected chi connectivity index (χ0v) is 28.6. The molecule has 8 aromatic carbocycles. The number of nitrogens with zero attached hydrogens (tertiary/aromatic N) is 2. The van der Waals surface area contributed by atoms with Gasteiger partial charge in [-0.15, -0.1) is 0 Å². The van der Waals surface area contributed by atoms with Crippen LogP contribution in [0.3, 0.4) is 0 Å². The molecule has 5 nitrogen and oxygen atoms in total. The van der Waals surface area contributed by atoms with Crippen molar-refractivity contribution in [1.82, 2.24) is 8.97 Å². The molecule has 54 heavy (non-hydrogen) atoms. The number of para-hydroxylation sites is 4. The number of pyridine rings is 1. The van der Waals surface area contributed by atoms with Crippen molar-refractivity contribution in [1.29, 1.82) is 0 Å². The van der Waals surface area contributed by atoms with E-state index in [9.17, 15) is 4.79 Å². The van der Waals surface area contributed by atoms with E-state index in [0.717, 1.165) is 110 Å². The molecule has 0 aliphatic rings. The van der Waals surface area contributed by atoms with Crippen LogP contribution in [0.15, 0.2) is 171 Å². The fraction of sp³-hybridized carbons (Fsp3) is 0. The predicted molar refractivity (Wildman–Crippen MR) is 222 cm³/mol. The van der Waals surface area contributed by atoms with Gasteiger partial charge in [0.1, 0.15) is 22.3 Å². The van der Waals surface area contributed by atoms with E-state index in [-0.39, 0.29) is 5.56 Å². The van der Waals surface area contributed by atoms with Gasteiger partial charge in [0.25, 0.3) is 5.56 Å². The standard InChI is InChI=1S/C49H26N2O3/c52-49-35-21-19-27(23-36(35)34-14-7-13-33-30-9-1-5-16-41(30)51(49)48(33)34)29-12-8-18-45-47(29)39-24-28(20-22-44(39)53-45)50-40-15-4-2-10-31(40)37-26-46-38(25-42(37)50)32-11-3-6-17-43(32)54-46/h1-26H. The molecule has 0 radical (unpaired) electrons. The first-order valence-corrected chi connectivity index (χ1v) is 18.2. The summed E-state index contributed by atoms with van der Waals surface area (Å²) in [7, 11) is 0. The van der Waals surface area contributed by atoms with Crippen LogP contribution in [0.5, 0.6) is 0 Å². The molecule has 5 heteroatoms. The molecule has 5 heterocycles. The van der Waals surface area contributed by atoms with Crippen molar-refractivity contribution in [3.8, 4) is 16.8 Å². The van der Waals surface area contributed by atoms with E-state index in [1.54, 1.807) is 0 Å². The zero-order valence-electron chi connectivity index (χ0n) is 28.6. The van der Waals surface area contributed by atoms with Crippen molar-refractivity contribution in [3.05, 3.63) is 168 Å². The Kier molecular flexibility index (Phi) is 5.20. The Labute approximate surface area is 305 Å². The Morgan fingerprint density at radius 1 is 0.389 bits per heavy atom. The summed E-state index contributed by atoms with van der Waals surface area (Å²) in [6, 6.07) is 54.8. The van der Waals surface area contributed by atoms with Gasteiger partial charge in [-0.05, 0) is 83.2 Å². The molecule has 13 rings (SSSR count). The van der Waals surface area contributed by atoms with Crippen LogP contribution in [0.1, 0.15) is 0 Å².